The fraction of sp³-hybridized carbons (Fsp3) is 0.406. The Morgan fingerprint density at radius 2 is 1.28 bits per heavy atom. The van der Waals surface area contributed by atoms with Gasteiger partial charge in [-0.1, -0.05) is 53.7 Å². The van der Waals surface area contributed by atoms with Crippen LogP contribution < -0.4 is 10.6 Å². The summed E-state index contributed by atoms with van der Waals surface area (Å²) in [6.45, 7) is 13.8. The zero-order valence-corrected chi connectivity index (χ0v) is 29.7. The third-order valence-corrected chi connectivity index (χ3v) is 8.13. The first kappa shape index (κ1) is 39.1. The summed E-state index contributed by atoms with van der Waals surface area (Å²) >= 11 is -4.38. The van der Waals surface area contributed by atoms with Crippen molar-refractivity contribution >= 4 is 39.6 Å². The molecule has 0 bridgehead atoms. The Balaban J connectivity index is 0.00000121. The fourth-order valence-corrected chi connectivity index (χ4v) is 5.89. The molecule has 1 saturated heterocycles. The number of carbonyl (C=O) groups excluding carboxylic acids is 1. The Bertz CT molecular complexity index is 1600. The smallest absolute Gasteiger partial charge is 0.316 e. The highest BCUT2D eigenvalue weighted by Gasteiger charge is 2.51. The van der Waals surface area contributed by atoms with Crippen LogP contribution in [0, 0.1) is 0 Å². The third-order valence-electron chi connectivity index (χ3n) is 6.82. The van der Waals surface area contributed by atoms with Crippen LogP contribution in [0.1, 0.15) is 48.5 Å². The summed E-state index contributed by atoms with van der Waals surface area (Å²) in [4.78, 5) is 12.9. The maximum Gasteiger partial charge on any atom is 0.316 e. The Kier molecular flexibility index (Phi) is 15.3. The van der Waals surface area contributed by atoms with Gasteiger partial charge >= 0.3 is 6.03 Å². The lowest BCUT2D eigenvalue weighted by Gasteiger charge is -2.46. The number of nitrogens with one attached hydrogen (secondary N) is 2. The minimum atomic E-state index is -2.19. The molecule has 6 unspecified atom stereocenters. The number of benzene rings is 2. The average molecular weight is 689 g/mol. The molecule has 0 spiro atoms. The summed E-state index contributed by atoms with van der Waals surface area (Å²) in [5.74, 6) is 0.869. The van der Waals surface area contributed by atoms with E-state index in [9.17, 15) is 22.3 Å². The van der Waals surface area contributed by atoms with Crippen molar-refractivity contribution in [1.29, 1.82) is 0 Å². The molecule has 2 aromatic rings. The van der Waals surface area contributed by atoms with Crippen LogP contribution in [0.2, 0.25) is 0 Å². The minimum Gasteiger partial charge on any atom is -0.499 e. The predicted molar refractivity (Wildman–Crippen MR) is 183 cm³/mol. The molecule has 3 aliphatic rings. The van der Waals surface area contributed by atoms with E-state index in [1.54, 1.807) is 43.3 Å². The lowest BCUT2D eigenvalue weighted by molar-refractivity contribution is 0.195. The van der Waals surface area contributed by atoms with Crippen molar-refractivity contribution in [2.45, 2.75) is 81.9 Å². The summed E-state index contributed by atoms with van der Waals surface area (Å²) < 4.78 is 53.4. The van der Waals surface area contributed by atoms with Gasteiger partial charge in [-0.05, 0) is 66.6 Å². The lowest BCUT2D eigenvalue weighted by atomic mass is 9.70. The zero-order chi connectivity index (χ0) is 35.3. The molecule has 15 heteroatoms. The fourth-order valence-electron chi connectivity index (χ4n) is 5.06. The summed E-state index contributed by atoms with van der Waals surface area (Å²) in [7, 11) is 2.98. The van der Waals surface area contributed by atoms with Crippen LogP contribution in [0.3, 0.4) is 0 Å². The van der Waals surface area contributed by atoms with E-state index in [-0.39, 0.29) is 9.79 Å². The molecule has 0 radical (unpaired) electrons. The maximum absolute atomic E-state index is 12.6. The van der Waals surface area contributed by atoms with E-state index in [0.717, 1.165) is 0 Å². The van der Waals surface area contributed by atoms with Crippen LogP contribution in [0.15, 0.2) is 114 Å². The van der Waals surface area contributed by atoms with Gasteiger partial charge in [-0.3, -0.25) is 0 Å². The molecule has 1 heterocycles. The van der Waals surface area contributed by atoms with Gasteiger partial charge in [0.1, 0.15) is 35.2 Å². The van der Waals surface area contributed by atoms with Gasteiger partial charge in [0, 0.05) is 0 Å². The third kappa shape index (κ3) is 9.06. The van der Waals surface area contributed by atoms with Gasteiger partial charge in [-0.15, -0.1) is 0 Å². The first-order valence-electron chi connectivity index (χ1n) is 15.2. The Morgan fingerprint density at radius 1 is 0.787 bits per heavy atom. The van der Waals surface area contributed by atoms with E-state index in [1.165, 1.54) is 38.5 Å². The highest BCUT2D eigenvalue weighted by Crippen LogP contribution is 2.45. The lowest BCUT2D eigenvalue weighted by Crippen LogP contribution is -2.61. The van der Waals surface area contributed by atoms with Gasteiger partial charge in [0.05, 0.1) is 35.4 Å². The highest BCUT2D eigenvalue weighted by molar-refractivity contribution is 7.79. The average Bonchev–Trinajstić information content (AvgIpc) is 3.10. The normalized spacial score (nSPS) is 23.9. The molecule has 4 N–H and O–H groups in total. The number of amides is 2. The topological polar surface area (TPSA) is 184 Å². The summed E-state index contributed by atoms with van der Waals surface area (Å²) in [6.07, 6.45) is 3.46. The van der Waals surface area contributed by atoms with Crippen LogP contribution in [0.5, 0.6) is 0 Å². The van der Waals surface area contributed by atoms with Crippen molar-refractivity contribution < 1.29 is 31.8 Å². The van der Waals surface area contributed by atoms with Gasteiger partial charge in [0.2, 0.25) is 0 Å². The molecule has 1 aliphatic heterocycles. The summed E-state index contributed by atoms with van der Waals surface area (Å²) in [5, 5.41) is 23.7. The SMILES string of the molecule is CC.CC.CC.COC1=CC(N=Nc2cccc(S(=O)O)c2)C2=C3C1NC(=O)NC3C(OC)=CC2(C)N=Nc1cccc(S(=O)O)c1. The van der Waals surface area contributed by atoms with Crippen molar-refractivity contribution in [2.75, 3.05) is 14.2 Å². The number of rotatable bonds is 8. The molecule has 2 aromatic carbocycles. The first-order chi connectivity index (χ1) is 22.6. The Morgan fingerprint density at radius 3 is 1.77 bits per heavy atom. The largest absolute Gasteiger partial charge is 0.499 e. The molecule has 5 rings (SSSR count). The monoisotopic (exact) mass is 688 g/mol. The number of hydrogen-bond donors (Lipinski definition) is 4. The van der Waals surface area contributed by atoms with E-state index in [0.29, 0.717) is 34.0 Å². The minimum absolute atomic E-state index is 0.174. The predicted octanol–water partition coefficient (Wildman–Crippen LogP) is 7.36. The summed E-state index contributed by atoms with van der Waals surface area (Å²) in [6, 6.07) is 9.98. The molecular formula is C32H44N6O7S2. The Labute approximate surface area is 281 Å². The van der Waals surface area contributed by atoms with Crippen molar-refractivity contribution in [1.82, 2.24) is 10.6 Å². The standard InChI is InChI=1S/C26H26N6O7S2.3C2H6/c1-26(32-30-15-7-5-9-17(11-15)41(36)37)13-20(39-3)24-21-22(26)18(12-19(38-2)23(21)27-25(33)28-24)31-29-14-6-4-8-16(10-14)40(34)35;3*1-2/h4-13,18,23-24H,1-3H3,(H,34,35)(H,36,37)(H2,27,28,33);3*1-2H3. The van der Waals surface area contributed by atoms with Gasteiger partial charge < -0.3 is 29.2 Å². The quantitative estimate of drug-likeness (QED) is 0.127. The van der Waals surface area contributed by atoms with Crippen LogP contribution >= 0.6 is 0 Å². The number of methoxy groups -OCH3 is 2. The van der Waals surface area contributed by atoms with Crippen molar-refractivity contribution in [3.63, 3.8) is 0 Å². The van der Waals surface area contributed by atoms with Gasteiger partial charge in [0.25, 0.3) is 0 Å². The molecule has 13 nitrogen and oxygen atoms in total. The van der Waals surface area contributed by atoms with Crippen LogP contribution in [-0.2, 0) is 31.6 Å². The number of carbonyl (C=O) groups is 1. The molecule has 0 aromatic heterocycles. The van der Waals surface area contributed by atoms with Crippen LogP contribution in [0.4, 0.5) is 16.2 Å². The van der Waals surface area contributed by atoms with E-state index in [2.05, 4.69) is 31.1 Å². The van der Waals surface area contributed by atoms with Crippen molar-refractivity contribution in [3.05, 3.63) is 83.3 Å². The van der Waals surface area contributed by atoms with E-state index in [1.807, 2.05) is 41.5 Å². The molecule has 1 fully saturated rings. The number of nitrogens with zero attached hydrogens (tertiary/aromatic N) is 4. The van der Waals surface area contributed by atoms with E-state index < -0.39 is 51.9 Å². The molecule has 0 saturated carbocycles. The van der Waals surface area contributed by atoms with Crippen molar-refractivity contribution in [3.8, 4) is 0 Å². The highest BCUT2D eigenvalue weighted by atomic mass is 32.2. The van der Waals surface area contributed by atoms with Gasteiger partial charge in [0.15, 0.2) is 22.2 Å². The number of ether oxygens (including phenoxy) is 2. The molecule has 6 atom stereocenters. The number of azo groups is 2. The van der Waals surface area contributed by atoms with Gasteiger partial charge in [-0.25, -0.2) is 13.2 Å². The second-order valence-corrected chi connectivity index (χ2v) is 11.3. The van der Waals surface area contributed by atoms with Crippen LogP contribution in [-0.4, -0.2) is 61.4 Å². The molecule has 256 valence electrons. The molecule has 2 amide bonds. The zero-order valence-electron chi connectivity index (χ0n) is 28.0. The molecule has 2 aliphatic carbocycles. The van der Waals surface area contributed by atoms with Crippen LogP contribution in [0.25, 0.3) is 0 Å². The summed E-state index contributed by atoms with van der Waals surface area (Å²) in [5.41, 5.74) is 0.898. The van der Waals surface area contributed by atoms with Crippen molar-refractivity contribution in [2.24, 2.45) is 20.5 Å². The molecule has 47 heavy (non-hydrogen) atoms. The molecular weight excluding hydrogens is 645 g/mol. The number of hydrogen-bond acceptors (Lipinski definition) is 9. The first-order valence-corrected chi connectivity index (χ1v) is 17.4. The van der Waals surface area contributed by atoms with Gasteiger partial charge in [-0.2, -0.15) is 20.5 Å². The van der Waals surface area contributed by atoms with E-state index in [4.69, 9.17) is 9.47 Å². The maximum atomic E-state index is 12.6. The number of urea groups is 1. The van der Waals surface area contributed by atoms with E-state index >= 15 is 0 Å². The second-order valence-electron chi connectivity index (χ2n) is 9.38. The second kappa shape index (κ2) is 18.3. The Hall–Kier alpha value is -4.05.